The van der Waals surface area contributed by atoms with E-state index in [4.69, 9.17) is 16.9 Å². The van der Waals surface area contributed by atoms with E-state index in [1.807, 2.05) is 30.5 Å². The van der Waals surface area contributed by atoms with Gasteiger partial charge in [-0.15, -0.1) is 0 Å². The number of rotatable bonds is 12. The first-order valence-corrected chi connectivity index (χ1v) is 22.6. The average molecular weight is 862 g/mol. The molecule has 8 rings (SSSR count). The summed E-state index contributed by atoms with van der Waals surface area (Å²) in [5.74, 6) is -0.0427. The zero-order valence-corrected chi connectivity index (χ0v) is 36.2. The molecule has 1 unspecified atom stereocenters. The fraction of sp³-hybridized carbons (Fsp3) is 0.511. The van der Waals surface area contributed by atoms with E-state index in [-0.39, 0.29) is 30.6 Å². The van der Waals surface area contributed by atoms with Crippen LogP contribution in [0.1, 0.15) is 90.5 Å². The van der Waals surface area contributed by atoms with Gasteiger partial charge in [-0.05, 0) is 131 Å². The number of carbonyl (C=O) groups is 5. The molecule has 0 radical (unpaired) electrons. The smallest absolute Gasteiger partial charge is 0.262 e. The van der Waals surface area contributed by atoms with Crippen LogP contribution in [-0.2, 0) is 14.4 Å². The first-order chi connectivity index (χ1) is 30.1. The number of benzene rings is 2. The van der Waals surface area contributed by atoms with Gasteiger partial charge in [0.25, 0.3) is 11.8 Å². The SMILES string of the molecule is CNC(=O)CCC(C=O)N1C(=O)c2ccc(N3CCC4(CCN(CC5CCN(c6ccc(NC(=O)C7CCN(c8ccc(C#N)c(Cl)c8)CC7)nc6)CC5)CC4)CC3)cc2C1=O. The molecule has 3 aromatic rings. The molecule has 4 saturated heterocycles. The van der Waals surface area contributed by atoms with E-state index in [1.165, 1.54) is 19.9 Å². The van der Waals surface area contributed by atoms with Crippen molar-refractivity contribution in [3.05, 3.63) is 76.4 Å². The van der Waals surface area contributed by atoms with Gasteiger partial charge in [0.1, 0.15) is 18.2 Å². The van der Waals surface area contributed by atoms with E-state index >= 15 is 0 Å². The summed E-state index contributed by atoms with van der Waals surface area (Å²) in [6, 6.07) is 16.0. The van der Waals surface area contributed by atoms with Crippen molar-refractivity contribution in [2.75, 3.05) is 86.0 Å². The Morgan fingerprint density at radius 3 is 2.10 bits per heavy atom. The van der Waals surface area contributed by atoms with Crippen molar-refractivity contribution in [2.24, 2.45) is 17.3 Å². The maximum Gasteiger partial charge on any atom is 0.262 e. The second-order valence-electron chi connectivity index (χ2n) is 17.8. The molecule has 14 nitrogen and oxygen atoms in total. The number of aromatic nitrogens is 1. The van der Waals surface area contributed by atoms with Crippen molar-refractivity contribution in [1.82, 2.24) is 20.1 Å². The highest BCUT2D eigenvalue weighted by molar-refractivity contribution is 6.32. The molecule has 6 heterocycles. The van der Waals surface area contributed by atoms with Gasteiger partial charge in [0.15, 0.2) is 0 Å². The number of fused-ring (bicyclic) bond motifs is 1. The molecule has 4 amide bonds. The molecule has 2 N–H and O–H groups in total. The number of anilines is 4. The van der Waals surface area contributed by atoms with Gasteiger partial charge >= 0.3 is 0 Å². The Morgan fingerprint density at radius 1 is 0.839 bits per heavy atom. The van der Waals surface area contributed by atoms with Crippen LogP contribution >= 0.6 is 11.6 Å². The summed E-state index contributed by atoms with van der Waals surface area (Å²) in [5, 5.41) is 15.2. The quantitative estimate of drug-likeness (QED) is 0.169. The van der Waals surface area contributed by atoms with Crippen LogP contribution in [-0.4, -0.2) is 117 Å². The maximum absolute atomic E-state index is 13.4. The van der Waals surface area contributed by atoms with Gasteiger partial charge in [-0.25, -0.2) is 4.98 Å². The monoisotopic (exact) mass is 861 g/mol. The Labute approximate surface area is 368 Å². The number of nitrogens with one attached hydrogen (secondary N) is 2. The minimum Gasteiger partial charge on any atom is -0.371 e. The second kappa shape index (κ2) is 18.8. The topological polar surface area (TPSA) is 162 Å². The molecule has 326 valence electrons. The largest absolute Gasteiger partial charge is 0.371 e. The summed E-state index contributed by atoms with van der Waals surface area (Å²) >= 11 is 6.25. The first-order valence-electron chi connectivity index (χ1n) is 22.2. The third-order valence-corrected chi connectivity index (χ3v) is 14.6. The van der Waals surface area contributed by atoms with Crippen molar-refractivity contribution in [1.29, 1.82) is 5.26 Å². The minimum atomic E-state index is -0.979. The van der Waals surface area contributed by atoms with Crippen molar-refractivity contribution in [2.45, 2.75) is 70.3 Å². The number of hydrogen-bond acceptors (Lipinski definition) is 11. The molecule has 1 atom stereocenters. The molecule has 1 spiro atoms. The molecule has 2 aromatic carbocycles. The lowest BCUT2D eigenvalue weighted by molar-refractivity contribution is -0.121. The molecule has 15 heteroatoms. The molecular weight excluding hydrogens is 806 g/mol. The van der Waals surface area contributed by atoms with E-state index in [2.05, 4.69) is 47.4 Å². The van der Waals surface area contributed by atoms with Gasteiger partial charge in [0.2, 0.25) is 11.8 Å². The Morgan fingerprint density at radius 2 is 1.45 bits per heavy atom. The second-order valence-corrected chi connectivity index (χ2v) is 18.2. The predicted molar refractivity (Wildman–Crippen MR) is 239 cm³/mol. The number of hydrogen-bond donors (Lipinski definition) is 2. The van der Waals surface area contributed by atoms with Gasteiger partial charge in [0.05, 0.1) is 39.6 Å². The number of imide groups is 1. The van der Waals surface area contributed by atoms with Crippen LogP contribution in [0.3, 0.4) is 0 Å². The molecule has 0 aliphatic carbocycles. The van der Waals surface area contributed by atoms with E-state index in [9.17, 15) is 24.0 Å². The first kappa shape index (κ1) is 43.1. The molecule has 4 fully saturated rings. The number of likely N-dealkylation sites (tertiary alicyclic amines) is 1. The predicted octanol–water partition coefficient (Wildman–Crippen LogP) is 5.75. The number of carbonyl (C=O) groups excluding carboxylic acids is 5. The number of aldehydes is 1. The van der Waals surface area contributed by atoms with Crippen LogP contribution in [0.5, 0.6) is 0 Å². The Bertz CT molecular complexity index is 2200. The average Bonchev–Trinajstić information content (AvgIpc) is 3.55. The molecular formula is C47H56ClN9O5. The van der Waals surface area contributed by atoms with Crippen molar-refractivity contribution in [3.63, 3.8) is 0 Å². The van der Waals surface area contributed by atoms with E-state index in [1.54, 1.807) is 18.2 Å². The van der Waals surface area contributed by atoms with E-state index in [0.717, 1.165) is 119 Å². The van der Waals surface area contributed by atoms with Crippen molar-refractivity contribution in [3.8, 4) is 6.07 Å². The Hall–Kier alpha value is -5.52. The molecule has 0 saturated carbocycles. The van der Waals surface area contributed by atoms with Crippen LogP contribution in [0.2, 0.25) is 5.02 Å². The molecule has 5 aliphatic rings. The Balaban J connectivity index is 0.742. The lowest BCUT2D eigenvalue weighted by atomic mass is 9.71. The van der Waals surface area contributed by atoms with Gasteiger partial charge in [-0.2, -0.15) is 5.26 Å². The minimum absolute atomic E-state index is 0.00278. The lowest BCUT2D eigenvalue weighted by Gasteiger charge is -2.48. The summed E-state index contributed by atoms with van der Waals surface area (Å²) in [5.41, 5.74) is 4.41. The highest BCUT2D eigenvalue weighted by Crippen LogP contribution is 2.43. The van der Waals surface area contributed by atoms with Gasteiger partial charge < -0.3 is 35.0 Å². The van der Waals surface area contributed by atoms with E-state index < -0.39 is 17.9 Å². The maximum atomic E-state index is 13.4. The van der Waals surface area contributed by atoms with Gasteiger partial charge in [0, 0.05) is 76.6 Å². The summed E-state index contributed by atoms with van der Waals surface area (Å²) in [7, 11) is 1.51. The van der Waals surface area contributed by atoms with Crippen LogP contribution in [0.4, 0.5) is 22.9 Å². The van der Waals surface area contributed by atoms with Crippen molar-refractivity contribution < 1.29 is 24.0 Å². The molecule has 62 heavy (non-hydrogen) atoms. The summed E-state index contributed by atoms with van der Waals surface area (Å²) < 4.78 is 0. The van der Waals surface area contributed by atoms with Gasteiger partial charge in [-0.3, -0.25) is 24.1 Å². The molecule has 0 bridgehead atoms. The third-order valence-electron chi connectivity index (χ3n) is 14.2. The third kappa shape index (κ3) is 9.29. The highest BCUT2D eigenvalue weighted by atomic mass is 35.5. The van der Waals surface area contributed by atoms with Crippen LogP contribution < -0.4 is 25.3 Å². The number of nitriles is 1. The van der Waals surface area contributed by atoms with Crippen LogP contribution in [0.25, 0.3) is 0 Å². The number of halogens is 1. The number of pyridine rings is 1. The number of amides is 4. The van der Waals surface area contributed by atoms with Crippen LogP contribution in [0, 0.1) is 28.6 Å². The zero-order valence-electron chi connectivity index (χ0n) is 35.5. The summed E-state index contributed by atoms with van der Waals surface area (Å²) in [6.07, 6.45) is 10.9. The lowest BCUT2D eigenvalue weighted by Crippen LogP contribution is -2.48. The summed E-state index contributed by atoms with van der Waals surface area (Å²) in [4.78, 5) is 78.5. The molecule has 5 aliphatic heterocycles. The number of piperidine rings is 4. The Kier molecular flexibility index (Phi) is 13.1. The fourth-order valence-corrected chi connectivity index (χ4v) is 10.4. The van der Waals surface area contributed by atoms with Gasteiger partial charge in [-0.1, -0.05) is 11.6 Å². The number of nitrogens with zero attached hydrogens (tertiary/aromatic N) is 7. The normalized spacial score (nSPS) is 20.2. The zero-order chi connectivity index (χ0) is 43.4. The van der Waals surface area contributed by atoms with Crippen molar-refractivity contribution >= 4 is 64.4 Å². The molecule has 1 aromatic heterocycles. The van der Waals surface area contributed by atoms with E-state index in [0.29, 0.717) is 45.1 Å². The highest BCUT2D eigenvalue weighted by Gasteiger charge is 2.42. The standard InChI is InChI=1S/C47H56ClN9O5/c1-50-43(59)9-6-38(31-58)57-45(61)39-7-4-35(26-40(39)46(57)62)56-24-16-47(17-25-56)14-22-53(23-15-47)30-32-10-18-55(19-11-32)37-5-8-42(51-29-37)52-44(60)33-12-20-54(21-13-33)36-3-2-34(28-49)41(48)27-36/h2-5,7-8,26-27,29,31-33,38H,6,9-25,30H2,1H3,(H,50,59)(H,51,52,60). The van der Waals surface area contributed by atoms with Crippen LogP contribution in [0.15, 0.2) is 54.7 Å². The summed E-state index contributed by atoms with van der Waals surface area (Å²) in [6.45, 7) is 8.62. The fourth-order valence-electron chi connectivity index (χ4n) is 10.2.